The second kappa shape index (κ2) is 7.28. The van der Waals surface area contributed by atoms with E-state index in [4.69, 9.17) is 5.11 Å². The minimum Gasteiger partial charge on any atom is -0.396 e. The molecule has 3 nitrogen and oxygen atoms in total. The van der Waals surface area contributed by atoms with Gasteiger partial charge >= 0.3 is 6.18 Å². The lowest BCUT2D eigenvalue weighted by Crippen LogP contribution is -2.25. The maximum absolute atomic E-state index is 12.6. The lowest BCUT2D eigenvalue weighted by Gasteiger charge is -2.11. The summed E-state index contributed by atoms with van der Waals surface area (Å²) in [5.41, 5.74) is 0.741. The zero-order valence-electron chi connectivity index (χ0n) is 12.2. The van der Waals surface area contributed by atoms with E-state index in [1.807, 2.05) is 0 Å². The van der Waals surface area contributed by atoms with E-state index in [9.17, 15) is 18.0 Å². The van der Waals surface area contributed by atoms with Gasteiger partial charge < -0.3 is 10.4 Å². The molecule has 1 amide bonds. The Hall–Kier alpha value is -2.34. The van der Waals surface area contributed by atoms with Crippen LogP contribution in [0.2, 0.25) is 0 Å². The van der Waals surface area contributed by atoms with Crippen LogP contribution in [0.15, 0.2) is 48.5 Å². The summed E-state index contributed by atoms with van der Waals surface area (Å²) >= 11 is 0. The van der Waals surface area contributed by atoms with Crippen molar-refractivity contribution >= 4 is 5.91 Å². The number of rotatable bonds is 5. The summed E-state index contributed by atoms with van der Waals surface area (Å²) in [7, 11) is 0. The van der Waals surface area contributed by atoms with Crippen molar-refractivity contribution in [2.24, 2.45) is 0 Å². The number of alkyl halides is 3. The summed E-state index contributed by atoms with van der Waals surface area (Å²) in [5, 5.41) is 11.4. The van der Waals surface area contributed by atoms with Gasteiger partial charge in [-0.1, -0.05) is 30.3 Å². The zero-order valence-corrected chi connectivity index (χ0v) is 12.2. The van der Waals surface area contributed by atoms with Gasteiger partial charge in [-0.25, -0.2) is 0 Å². The number of halogens is 3. The first kappa shape index (κ1) is 17.0. The predicted molar refractivity (Wildman–Crippen MR) is 80.9 cm³/mol. The predicted octanol–water partition coefficient (Wildman–Crippen LogP) is 3.48. The van der Waals surface area contributed by atoms with Crippen molar-refractivity contribution in [2.45, 2.75) is 12.6 Å². The summed E-state index contributed by atoms with van der Waals surface area (Å²) in [6, 6.07) is 11.4. The van der Waals surface area contributed by atoms with Gasteiger partial charge in [0.15, 0.2) is 0 Å². The fourth-order valence-corrected chi connectivity index (χ4v) is 2.15. The Kier molecular flexibility index (Phi) is 5.39. The highest BCUT2D eigenvalue weighted by atomic mass is 19.4. The second-order valence-electron chi connectivity index (χ2n) is 4.95. The van der Waals surface area contributed by atoms with E-state index < -0.39 is 11.7 Å². The average Bonchev–Trinajstić information content (AvgIpc) is 2.54. The van der Waals surface area contributed by atoms with Crippen LogP contribution in [0.4, 0.5) is 13.2 Å². The molecule has 2 N–H and O–H groups in total. The van der Waals surface area contributed by atoms with Gasteiger partial charge in [-0.2, -0.15) is 13.2 Å². The van der Waals surface area contributed by atoms with Crippen molar-refractivity contribution in [3.05, 3.63) is 59.7 Å². The standard InChI is InChI=1S/C17H16F3NO2/c18-17(19,20)13-8-6-12(7-9-13)14-4-1-2-5-15(14)16(23)21-10-3-11-22/h1-2,4-9,22H,3,10-11H2,(H,21,23). The molecule has 0 aliphatic carbocycles. The van der Waals surface area contributed by atoms with Crippen molar-refractivity contribution in [3.8, 4) is 11.1 Å². The number of carbonyl (C=O) groups is 1. The highest BCUT2D eigenvalue weighted by Gasteiger charge is 2.30. The van der Waals surface area contributed by atoms with Gasteiger partial charge in [0.25, 0.3) is 5.91 Å². The molecule has 0 saturated heterocycles. The van der Waals surface area contributed by atoms with Crippen molar-refractivity contribution < 1.29 is 23.1 Å². The third kappa shape index (κ3) is 4.32. The third-order valence-corrected chi connectivity index (χ3v) is 3.32. The Labute approximate surface area is 131 Å². The molecule has 6 heteroatoms. The van der Waals surface area contributed by atoms with Gasteiger partial charge in [0, 0.05) is 18.7 Å². The molecule has 0 saturated carbocycles. The van der Waals surface area contributed by atoms with E-state index in [0.717, 1.165) is 12.1 Å². The molecule has 0 unspecified atom stereocenters. The highest BCUT2D eigenvalue weighted by Crippen LogP contribution is 2.31. The maximum atomic E-state index is 12.6. The molecule has 2 aromatic rings. The highest BCUT2D eigenvalue weighted by molar-refractivity contribution is 6.00. The summed E-state index contributed by atoms with van der Waals surface area (Å²) in [5.74, 6) is -0.325. The average molecular weight is 323 g/mol. The minimum absolute atomic E-state index is 0.0270. The molecule has 0 fully saturated rings. The number of aliphatic hydroxyl groups is 1. The van der Waals surface area contributed by atoms with Gasteiger partial charge in [-0.3, -0.25) is 4.79 Å². The van der Waals surface area contributed by atoms with Crippen LogP contribution in [0.25, 0.3) is 11.1 Å². The molecule has 0 bridgehead atoms. The Bertz CT molecular complexity index is 666. The van der Waals surface area contributed by atoms with Gasteiger partial charge in [0.2, 0.25) is 0 Å². The minimum atomic E-state index is -4.39. The fourth-order valence-electron chi connectivity index (χ4n) is 2.15. The molecule has 0 aliphatic rings. The lowest BCUT2D eigenvalue weighted by atomic mass is 9.98. The van der Waals surface area contributed by atoms with Gasteiger partial charge in [-0.15, -0.1) is 0 Å². The van der Waals surface area contributed by atoms with Crippen LogP contribution < -0.4 is 5.32 Å². The molecule has 2 aromatic carbocycles. The lowest BCUT2D eigenvalue weighted by molar-refractivity contribution is -0.137. The Morgan fingerprint density at radius 2 is 1.70 bits per heavy atom. The summed E-state index contributed by atoms with van der Waals surface area (Å²) in [6.07, 6.45) is -3.95. The largest absolute Gasteiger partial charge is 0.416 e. The monoisotopic (exact) mass is 323 g/mol. The number of hydrogen-bond acceptors (Lipinski definition) is 2. The molecule has 122 valence electrons. The first-order chi connectivity index (χ1) is 10.9. The first-order valence-electron chi connectivity index (χ1n) is 7.09. The van der Waals surface area contributed by atoms with Crippen molar-refractivity contribution in [2.75, 3.05) is 13.2 Å². The van der Waals surface area contributed by atoms with E-state index in [1.54, 1.807) is 24.3 Å². The molecule has 0 spiro atoms. The molecule has 0 aliphatic heterocycles. The molecule has 23 heavy (non-hydrogen) atoms. The van der Waals surface area contributed by atoms with E-state index in [-0.39, 0.29) is 12.5 Å². The summed E-state index contributed by atoms with van der Waals surface area (Å²) in [6.45, 7) is 0.303. The molecular formula is C17H16F3NO2. The second-order valence-corrected chi connectivity index (χ2v) is 4.95. The fraction of sp³-hybridized carbons (Fsp3) is 0.235. The molecule has 0 radical (unpaired) electrons. The van der Waals surface area contributed by atoms with Crippen LogP contribution in [-0.2, 0) is 6.18 Å². The van der Waals surface area contributed by atoms with Gasteiger partial charge in [0.1, 0.15) is 0 Å². The van der Waals surface area contributed by atoms with Crippen LogP contribution >= 0.6 is 0 Å². The first-order valence-corrected chi connectivity index (χ1v) is 7.09. The van der Waals surface area contributed by atoms with Crippen molar-refractivity contribution in [1.82, 2.24) is 5.32 Å². The number of carbonyl (C=O) groups excluding carboxylic acids is 1. The molecule has 2 rings (SSSR count). The van der Waals surface area contributed by atoms with Crippen LogP contribution in [0.3, 0.4) is 0 Å². The van der Waals surface area contributed by atoms with E-state index >= 15 is 0 Å². The molecular weight excluding hydrogens is 307 g/mol. The normalized spacial score (nSPS) is 11.3. The van der Waals surface area contributed by atoms with E-state index in [1.165, 1.54) is 12.1 Å². The van der Waals surface area contributed by atoms with Gasteiger partial charge in [-0.05, 0) is 35.7 Å². The van der Waals surface area contributed by atoms with Crippen LogP contribution in [0.1, 0.15) is 22.3 Å². The maximum Gasteiger partial charge on any atom is 0.416 e. The smallest absolute Gasteiger partial charge is 0.396 e. The van der Waals surface area contributed by atoms with Crippen LogP contribution in [0.5, 0.6) is 0 Å². The van der Waals surface area contributed by atoms with Crippen molar-refractivity contribution in [3.63, 3.8) is 0 Å². The Morgan fingerprint density at radius 1 is 1.04 bits per heavy atom. The van der Waals surface area contributed by atoms with E-state index in [2.05, 4.69) is 5.32 Å². The molecule has 0 atom stereocenters. The number of aliphatic hydroxyl groups excluding tert-OH is 1. The molecule has 0 aromatic heterocycles. The topological polar surface area (TPSA) is 49.3 Å². The zero-order chi connectivity index (χ0) is 16.9. The van der Waals surface area contributed by atoms with Crippen LogP contribution in [-0.4, -0.2) is 24.2 Å². The third-order valence-electron chi connectivity index (χ3n) is 3.32. The number of hydrogen-bond donors (Lipinski definition) is 2. The number of amides is 1. The quantitative estimate of drug-likeness (QED) is 0.828. The number of nitrogens with one attached hydrogen (secondary N) is 1. The Morgan fingerprint density at radius 3 is 2.30 bits per heavy atom. The van der Waals surface area contributed by atoms with Gasteiger partial charge in [0.05, 0.1) is 5.56 Å². The van der Waals surface area contributed by atoms with Crippen LogP contribution in [0, 0.1) is 0 Å². The SMILES string of the molecule is O=C(NCCCO)c1ccccc1-c1ccc(C(F)(F)F)cc1. The van der Waals surface area contributed by atoms with E-state index in [0.29, 0.717) is 29.7 Å². The summed E-state index contributed by atoms with van der Waals surface area (Å²) in [4.78, 5) is 12.2. The Balaban J connectivity index is 2.28. The van der Waals surface area contributed by atoms with Crippen molar-refractivity contribution in [1.29, 1.82) is 0 Å². The number of benzene rings is 2. The summed E-state index contributed by atoms with van der Waals surface area (Å²) < 4.78 is 37.9. The molecule has 0 heterocycles.